The molecule has 0 atom stereocenters. The van der Waals surface area contributed by atoms with Gasteiger partial charge in [0.2, 0.25) is 0 Å². The molecule has 0 saturated heterocycles. The van der Waals surface area contributed by atoms with Crippen LogP contribution in [0, 0.1) is 0 Å². The van der Waals surface area contributed by atoms with Gasteiger partial charge in [-0.15, -0.1) is 0 Å². The SMILES string of the molecule is Cn1cc(Cl)c(CNC(=O)OCc2ccccc2)n1. The summed E-state index contributed by atoms with van der Waals surface area (Å²) in [6, 6.07) is 9.48. The fourth-order valence-corrected chi connectivity index (χ4v) is 1.80. The van der Waals surface area contributed by atoms with Crippen LogP contribution in [0.5, 0.6) is 0 Å². The molecule has 19 heavy (non-hydrogen) atoms. The quantitative estimate of drug-likeness (QED) is 0.935. The number of nitrogens with zero attached hydrogens (tertiary/aromatic N) is 2. The van der Waals surface area contributed by atoms with Gasteiger partial charge >= 0.3 is 6.09 Å². The Balaban J connectivity index is 1.77. The van der Waals surface area contributed by atoms with Crippen molar-refractivity contribution in [3.63, 3.8) is 0 Å². The predicted molar refractivity (Wildman–Crippen MR) is 71.7 cm³/mol. The summed E-state index contributed by atoms with van der Waals surface area (Å²) in [5.74, 6) is 0. The van der Waals surface area contributed by atoms with E-state index in [0.29, 0.717) is 10.7 Å². The molecule has 1 heterocycles. The molecule has 0 saturated carbocycles. The van der Waals surface area contributed by atoms with Crippen molar-refractivity contribution in [2.24, 2.45) is 7.05 Å². The second-order valence-corrected chi connectivity index (χ2v) is 4.42. The summed E-state index contributed by atoms with van der Waals surface area (Å²) in [5.41, 5.74) is 1.55. The first-order chi connectivity index (χ1) is 9.15. The first-order valence-corrected chi connectivity index (χ1v) is 6.15. The molecule has 2 rings (SSSR count). The molecule has 0 aliphatic rings. The van der Waals surface area contributed by atoms with E-state index >= 15 is 0 Å². The zero-order valence-electron chi connectivity index (χ0n) is 10.5. The van der Waals surface area contributed by atoms with Crippen LogP contribution in [-0.2, 0) is 24.9 Å². The van der Waals surface area contributed by atoms with E-state index in [1.807, 2.05) is 30.3 Å². The second-order valence-electron chi connectivity index (χ2n) is 4.01. The Labute approximate surface area is 116 Å². The molecule has 1 N–H and O–H groups in total. The Morgan fingerprint density at radius 2 is 2.16 bits per heavy atom. The van der Waals surface area contributed by atoms with E-state index in [2.05, 4.69) is 10.4 Å². The number of carbonyl (C=O) groups is 1. The van der Waals surface area contributed by atoms with Crippen LogP contribution >= 0.6 is 11.6 Å². The van der Waals surface area contributed by atoms with Gasteiger partial charge in [0.25, 0.3) is 0 Å². The molecule has 0 aliphatic heterocycles. The van der Waals surface area contributed by atoms with Gasteiger partial charge in [0.15, 0.2) is 0 Å². The van der Waals surface area contributed by atoms with Crippen molar-refractivity contribution in [1.82, 2.24) is 15.1 Å². The van der Waals surface area contributed by atoms with Crippen molar-refractivity contribution in [3.05, 3.63) is 52.8 Å². The zero-order chi connectivity index (χ0) is 13.7. The summed E-state index contributed by atoms with van der Waals surface area (Å²) >= 11 is 5.93. The highest BCUT2D eigenvalue weighted by atomic mass is 35.5. The monoisotopic (exact) mass is 279 g/mol. The number of alkyl carbamates (subject to hydrolysis) is 1. The second kappa shape index (κ2) is 6.24. The fraction of sp³-hybridized carbons (Fsp3) is 0.231. The minimum absolute atomic E-state index is 0.239. The zero-order valence-corrected chi connectivity index (χ0v) is 11.2. The maximum absolute atomic E-state index is 11.5. The number of hydrogen-bond acceptors (Lipinski definition) is 3. The van der Waals surface area contributed by atoms with Crippen LogP contribution in [-0.4, -0.2) is 15.9 Å². The lowest BCUT2D eigenvalue weighted by atomic mass is 10.2. The summed E-state index contributed by atoms with van der Waals surface area (Å²) in [6.45, 7) is 0.482. The molecule has 100 valence electrons. The van der Waals surface area contributed by atoms with Gasteiger partial charge < -0.3 is 10.1 Å². The Bertz CT molecular complexity index is 554. The number of benzene rings is 1. The highest BCUT2D eigenvalue weighted by molar-refractivity contribution is 6.31. The van der Waals surface area contributed by atoms with Crippen molar-refractivity contribution in [3.8, 4) is 0 Å². The molecular formula is C13H14ClN3O2. The van der Waals surface area contributed by atoms with E-state index in [9.17, 15) is 4.79 Å². The largest absolute Gasteiger partial charge is 0.445 e. The van der Waals surface area contributed by atoms with Crippen molar-refractivity contribution < 1.29 is 9.53 Å². The molecular weight excluding hydrogens is 266 g/mol. The minimum Gasteiger partial charge on any atom is -0.445 e. The maximum atomic E-state index is 11.5. The summed E-state index contributed by atoms with van der Waals surface area (Å²) in [4.78, 5) is 11.5. The number of aromatic nitrogens is 2. The highest BCUT2D eigenvalue weighted by Crippen LogP contribution is 2.12. The van der Waals surface area contributed by atoms with E-state index in [-0.39, 0.29) is 13.2 Å². The van der Waals surface area contributed by atoms with E-state index in [1.54, 1.807) is 17.9 Å². The van der Waals surface area contributed by atoms with E-state index < -0.39 is 6.09 Å². The minimum atomic E-state index is -0.495. The molecule has 5 nitrogen and oxygen atoms in total. The van der Waals surface area contributed by atoms with Crippen LogP contribution in [0.15, 0.2) is 36.5 Å². The number of halogens is 1. The van der Waals surface area contributed by atoms with Crippen molar-refractivity contribution in [2.75, 3.05) is 0 Å². The third-order valence-electron chi connectivity index (χ3n) is 2.47. The number of hydrogen-bond donors (Lipinski definition) is 1. The average molecular weight is 280 g/mol. The molecule has 1 aromatic carbocycles. The first-order valence-electron chi connectivity index (χ1n) is 5.77. The van der Waals surface area contributed by atoms with Gasteiger partial charge in [0.05, 0.1) is 11.6 Å². The number of ether oxygens (including phenoxy) is 1. The number of nitrogens with one attached hydrogen (secondary N) is 1. The molecule has 0 aliphatic carbocycles. The van der Waals surface area contributed by atoms with Crippen LogP contribution < -0.4 is 5.32 Å². The molecule has 0 bridgehead atoms. The molecule has 1 aromatic heterocycles. The summed E-state index contributed by atoms with van der Waals surface area (Å²) < 4.78 is 6.66. The number of aryl methyl sites for hydroxylation is 1. The summed E-state index contributed by atoms with van der Waals surface area (Å²) in [5, 5.41) is 7.24. The van der Waals surface area contributed by atoms with Gasteiger partial charge in [0, 0.05) is 13.2 Å². The Morgan fingerprint density at radius 1 is 1.42 bits per heavy atom. The lowest BCUT2D eigenvalue weighted by Crippen LogP contribution is -2.24. The topological polar surface area (TPSA) is 56.2 Å². The lowest BCUT2D eigenvalue weighted by Gasteiger charge is -2.06. The van der Waals surface area contributed by atoms with Crippen LogP contribution in [0.3, 0.4) is 0 Å². The molecule has 1 amide bonds. The van der Waals surface area contributed by atoms with E-state index in [1.165, 1.54) is 0 Å². The van der Waals surface area contributed by atoms with E-state index in [4.69, 9.17) is 16.3 Å². The molecule has 0 spiro atoms. The Hall–Kier alpha value is -2.01. The average Bonchev–Trinajstić information content (AvgIpc) is 2.73. The Kier molecular flexibility index (Phi) is 4.41. The van der Waals surface area contributed by atoms with Crippen LogP contribution in [0.4, 0.5) is 4.79 Å². The van der Waals surface area contributed by atoms with Crippen LogP contribution in [0.1, 0.15) is 11.3 Å². The molecule has 0 fully saturated rings. The van der Waals surface area contributed by atoms with Gasteiger partial charge in [-0.05, 0) is 5.56 Å². The van der Waals surface area contributed by atoms with E-state index in [0.717, 1.165) is 5.56 Å². The third kappa shape index (κ3) is 3.99. The van der Waals surface area contributed by atoms with Crippen molar-refractivity contribution >= 4 is 17.7 Å². The molecule has 0 unspecified atom stereocenters. The number of carbonyl (C=O) groups excluding carboxylic acids is 1. The number of rotatable bonds is 4. The smallest absolute Gasteiger partial charge is 0.407 e. The van der Waals surface area contributed by atoms with Crippen LogP contribution in [0.2, 0.25) is 5.02 Å². The molecule has 2 aromatic rings. The van der Waals surface area contributed by atoms with Gasteiger partial charge in [-0.25, -0.2) is 4.79 Å². The lowest BCUT2D eigenvalue weighted by molar-refractivity contribution is 0.139. The summed E-state index contributed by atoms with van der Waals surface area (Å²) in [6.07, 6.45) is 1.18. The third-order valence-corrected chi connectivity index (χ3v) is 2.78. The van der Waals surface area contributed by atoms with Gasteiger partial charge in [-0.3, -0.25) is 4.68 Å². The molecule has 0 radical (unpaired) electrons. The van der Waals surface area contributed by atoms with Gasteiger partial charge in [-0.2, -0.15) is 5.10 Å². The maximum Gasteiger partial charge on any atom is 0.407 e. The standard InChI is InChI=1S/C13H14ClN3O2/c1-17-8-11(14)12(16-17)7-15-13(18)19-9-10-5-3-2-4-6-10/h2-6,8H,7,9H2,1H3,(H,15,18). The predicted octanol–water partition coefficient (Wildman–Crippen LogP) is 2.50. The Morgan fingerprint density at radius 3 is 2.79 bits per heavy atom. The van der Waals surface area contributed by atoms with Gasteiger partial charge in [0.1, 0.15) is 12.3 Å². The fourth-order valence-electron chi connectivity index (χ4n) is 1.56. The number of amides is 1. The first kappa shape index (κ1) is 13.4. The van der Waals surface area contributed by atoms with Gasteiger partial charge in [-0.1, -0.05) is 41.9 Å². The van der Waals surface area contributed by atoms with Crippen molar-refractivity contribution in [1.29, 1.82) is 0 Å². The molecule has 6 heteroatoms. The summed E-state index contributed by atoms with van der Waals surface area (Å²) in [7, 11) is 1.77. The van der Waals surface area contributed by atoms with Crippen LogP contribution in [0.25, 0.3) is 0 Å². The van der Waals surface area contributed by atoms with Crippen molar-refractivity contribution in [2.45, 2.75) is 13.2 Å². The normalized spacial score (nSPS) is 10.2. The highest BCUT2D eigenvalue weighted by Gasteiger charge is 2.08.